The van der Waals surface area contributed by atoms with Crippen molar-refractivity contribution in [3.63, 3.8) is 0 Å². The highest BCUT2D eigenvalue weighted by Gasteiger charge is 2.30. The van der Waals surface area contributed by atoms with Crippen LogP contribution >= 0.6 is 0 Å². The van der Waals surface area contributed by atoms with E-state index in [0.717, 1.165) is 25.1 Å². The summed E-state index contributed by atoms with van der Waals surface area (Å²) < 4.78 is 1.92. The molecule has 20 heavy (non-hydrogen) atoms. The molecule has 0 unspecified atom stereocenters. The molecule has 0 aliphatic carbocycles. The zero-order valence-electron chi connectivity index (χ0n) is 11.2. The van der Waals surface area contributed by atoms with Gasteiger partial charge in [0.25, 0.3) is 0 Å². The lowest BCUT2D eigenvalue weighted by Gasteiger charge is -2.24. The van der Waals surface area contributed by atoms with Crippen LogP contribution in [-0.2, 0) is 11.3 Å². The van der Waals surface area contributed by atoms with Crippen LogP contribution < -0.4 is 0 Å². The molecule has 1 aliphatic rings. The van der Waals surface area contributed by atoms with Gasteiger partial charge in [-0.15, -0.1) is 0 Å². The molecule has 0 radical (unpaired) electrons. The lowest BCUT2D eigenvalue weighted by atomic mass is 10.1. The first-order valence-corrected chi connectivity index (χ1v) is 6.86. The fourth-order valence-electron chi connectivity index (χ4n) is 2.64. The van der Waals surface area contributed by atoms with Gasteiger partial charge in [0, 0.05) is 44.3 Å². The molecular weight excluding hydrogens is 254 g/mol. The fourth-order valence-corrected chi connectivity index (χ4v) is 2.64. The van der Waals surface area contributed by atoms with Crippen molar-refractivity contribution in [2.75, 3.05) is 6.54 Å². The maximum absolute atomic E-state index is 12.4. The molecule has 0 aromatic carbocycles. The van der Waals surface area contributed by atoms with Crippen molar-refractivity contribution in [3.8, 4) is 0 Å². The van der Waals surface area contributed by atoms with Gasteiger partial charge in [-0.25, -0.2) is 4.98 Å². The van der Waals surface area contributed by atoms with E-state index in [1.165, 1.54) is 0 Å². The SMILES string of the molecule is O=C(CCn1ccnc1)N1CCC[C@H]1c1cnccn1. The summed E-state index contributed by atoms with van der Waals surface area (Å²) in [5.41, 5.74) is 0.890. The molecular formula is C14H17N5O. The smallest absolute Gasteiger partial charge is 0.224 e. The largest absolute Gasteiger partial charge is 0.337 e. The molecule has 2 aromatic rings. The number of rotatable bonds is 4. The lowest BCUT2D eigenvalue weighted by Crippen LogP contribution is -2.31. The number of imidazole rings is 1. The number of aromatic nitrogens is 4. The number of likely N-dealkylation sites (tertiary alicyclic amines) is 1. The van der Waals surface area contributed by atoms with E-state index >= 15 is 0 Å². The van der Waals surface area contributed by atoms with E-state index in [1.807, 2.05) is 15.7 Å². The monoisotopic (exact) mass is 271 g/mol. The van der Waals surface area contributed by atoms with Crippen molar-refractivity contribution in [1.29, 1.82) is 0 Å². The van der Waals surface area contributed by atoms with Crippen LogP contribution in [0, 0.1) is 0 Å². The highest BCUT2D eigenvalue weighted by atomic mass is 16.2. The average molecular weight is 271 g/mol. The molecule has 1 saturated heterocycles. The van der Waals surface area contributed by atoms with Crippen molar-refractivity contribution in [3.05, 3.63) is 43.0 Å². The van der Waals surface area contributed by atoms with Crippen molar-refractivity contribution in [1.82, 2.24) is 24.4 Å². The normalized spacial score (nSPS) is 18.4. The number of aryl methyl sites for hydroxylation is 1. The molecule has 1 amide bonds. The van der Waals surface area contributed by atoms with Gasteiger partial charge in [0.2, 0.25) is 5.91 Å². The molecule has 104 valence electrons. The summed E-state index contributed by atoms with van der Waals surface area (Å²) >= 11 is 0. The van der Waals surface area contributed by atoms with Gasteiger partial charge in [0.05, 0.1) is 24.3 Å². The van der Waals surface area contributed by atoms with Crippen molar-refractivity contribution >= 4 is 5.91 Å². The van der Waals surface area contributed by atoms with Crippen molar-refractivity contribution < 1.29 is 4.79 Å². The minimum atomic E-state index is 0.0824. The van der Waals surface area contributed by atoms with E-state index < -0.39 is 0 Å². The Morgan fingerprint density at radius 1 is 1.30 bits per heavy atom. The minimum Gasteiger partial charge on any atom is -0.337 e. The quantitative estimate of drug-likeness (QED) is 0.843. The summed E-state index contributed by atoms with van der Waals surface area (Å²) in [5.74, 6) is 0.173. The van der Waals surface area contributed by atoms with Gasteiger partial charge in [-0.2, -0.15) is 0 Å². The van der Waals surface area contributed by atoms with Gasteiger partial charge in [-0.05, 0) is 12.8 Å². The van der Waals surface area contributed by atoms with Crippen molar-refractivity contribution in [2.24, 2.45) is 0 Å². The number of hydrogen-bond acceptors (Lipinski definition) is 4. The van der Waals surface area contributed by atoms with E-state index in [9.17, 15) is 4.79 Å². The topological polar surface area (TPSA) is 63.9 Å². The molecule has 0 saturated carbocycles. The van der Waals surface area contributed by atoms with Gasteiger partial charge in [-0.3, -0.25) is 14.8 Å². The molecule has 6 heteroatoms. The summed E-state index contributed by atoms with van der Waals surface area (Å²) in [7, 11) is 0. The van der Waals surface area contributed by atoms with Crippen LogP contribution in [0.15, 0.2) is 37.3 Å². The molecule has 1 fully saturated rings. The first kappa shape index (κ1) is 12.8. The summed E-state index contributed by atoms with van der Waals surface area (Å²) in [5, 5.41) is 0. The second-order valence-corrected chi connectivity index (χ2v) is 4.93. The van der Waals surface area contributed by atoms with E-state index in [4.69, 9.17) is 0 Å². The first-order valence-electron chi connectivity index (χ1n) is 6.86. The fraction of sp³-hybridized carbons (Fsp3) is 0.429. The Bertz CT molecular complexity index is 554. The minimum absolute atomic E-state index is 0.0824. The van der Waals surface area contributed by atoms with Gasteiger partial charge in [0.1, 0.15) is 0 Å². The highest BCUT2D eigenvalue weighted by molar-refractivity contribution is 5.76. The number of hydrogen-bond donors (Lipinski definition) is 0. The van der Waals surface area contributed by atoms with E-state index in [2.05, 4.69) is 15.0 Å². The third kappa shape index (κ3) is 2.68. The third-order valence-corrected chi connectivity index (χ3v) is 3.64. The van der Waals surface area contributed by atoms with Crippen LogP contribution in [0.25, 0.3) is 0 Å². The molecule has 0 spiro atoms. The number of carbonyl (C=O) groups is 1. The maximum atomic E-state index is 12.4. The Balaban J connectivity index is 1.64. The predicted molar refractivity (Wildman–Crippen MR) is 72.6 cm³/mol. The number of carbonyl (C=O) groups excluding carboxylic acids is 1. The maximum Gasteiger partial charge on any atom is 0.224 e. The summed E-state index contributed by atoms with van der Waals surface area (Å²) in [6, 6.07) is 0.0824. The first-order chi connectivity index (χ1) is 9.84. The van der Waals surface area contributed by atoms with Crippen molar-refractivity contribution in [2.45, 2.75) is 31.8 Å². The molecule has 6 nitrogen and oxygen atoms in total. The highest BCUT2D eigenvalue weighted by Crippen LogP contribution is 2.30. The molecule has 2 aromatic heterocycles. The van der Waals surface area contributed by atoms with Crippen LogP contribution in [0.1, 0.15) is 31.0 Å². The van der Waals surface area contributed by atoms with Gasteiger partial charge >= 0.3 is 0 Å². The Kier molecular flexibility index (Phi) is 3.71. The van der Waals surface area contributed by atoms with Gasteiger partial charge in [0.15, 0.2) is 0 Å². The summed E-state index contributed by atoms with van der Waals surface area (Å²) in [4.78, 5) is 26.7. The van der Waals surface area contributed by atoms with Gasteiger partial charge in [-0.1, -0.05) is 0 Å². The Morgan fingerprint density at radius 2 is 2.25 bits per heavy atom. The van der Waals surface area contributed by atoms with Crippen LogP contribution in [0.3, 0.4) is 0 Å². The number of nitrogens with zero attached hydrogens (tertiary/aromatic N) is 5. The zero-order chi connectivity index (χ0) is 13.8. The molecule has 3 heterocycles. The molecule has 0 N–H and O–H groups in total. The number of amides is 1. The van der Waals surface area contributed by atoms with Gasteiger partial charge < -0.3 is 9.47 Å². The standard InChI is InChI=1S/C14H17N5O/c20-14(3-8-18-9-6-16-11-18)19-7-1-2-13(19)12-10-15-4-5-17-12/h4-6,9-11,13H,1-3,7-8H2/t13-/m0/s1. The Labute approximate surface area is 117 Å². The van der Waals surface area contributed by atoms with Crippen LogP contribution in [-0.4, -0.2) is 36.9 Å². The summed E-state index contributed by atoms with van der Waals surface area (Å²) in [6.45, 7) is 1.48. The molecule has 1 aliphatic heterocycles. The second kappa shape index (κ2) is 5.81. The Hall–Kier alpha value is -2.24. The van der Waals surface area contributed by atoms with E-state index in [1.54, 1.807) is 31.1 Å². The Morgan fingerprint density at radius 3 is 3.00 bits per heavy atom. The van der Waals surface area contributed by atoms with E-state index in [0.29, 0.717) is 13.0 Å². The zero-order valence-corrected chi connectivity index (χ0v) is 11.2. The molecule has 1 atom stereocenters. The lowest BCUT2D eigenvalue weighted by molar-refractivity contribution is -0.132. The molecule has 3 rings (SSSR count). The summed E-state index contributed by atoms with van der Waals surface area (Å²) in [6.07, 6.45) is 12.9. The predicted octanol–water partition coefficient (Wildman–Crippen LogP) is 1.43. The van der Waals surface area contributed by atoms with Crippen LogP contribution in [0.2, 0.25) is 0 Å². The average Bonchev–Trinajstić information content (AvgIpc) is 3.17. The second-order valence-electron chi connectivity index (χ2n) is 4.93. The van der Waals surface area contributed by atoms with Crippen LogP contribution in [0.5, 0.6) is 0 Å². The molecule has 0 bridgehead atoms. The van der Waals surface area contributed by atoms with Crippen LogP contribution in [0.4, 0.5) is 0 Å². The third-order valence-electron chi connectivity index (χ3n) is 3.64. The van der Waals surface area contributed by atoms with E-state index in [-0.39, 0.29) is 11.9 Å².